The maximum atomic E-state index is 8.98. The topological polar surface area (TPSA) is 20.2 Å². The normalized spacial score (nSPS) is 14.4. The van der Waals surface area contributed by atoms with Gasteiger partial charge in [-0.3, -0.25) is 0 Å². The monoisotopic (exact) mass is 170 g/mol. The first-order valence-corrected chi connectivity index (χ1v) is 4.97. The number of rotatable bonds is 6. The highest BCUT2D eigenvalue weighted by Crippen LogP contribution is 2.04. The molecule has 0 aliphatic carbocycles. The quantitative estimate of drug-likeness (QED) is 0.479. The van der Waals surface area contributed by atoms with Gasteiger partial charge in [-0.25, -0.2) is 0 Å². The zero-order valence-electron chi connectivity index (χ0n) is 8.59. The number of aliphatic hydroxyl groups is 1. The van der Waals surface area contributed by atoms with Gasteiger partial charge in [0.25, 0.3) is 0 Å². The molecule has 0 saturated carbocycles. The van der Waals surface area contributed by atoms with E-state index < -0.39 is 0 Å². The maximum absolute atomic E-state index is 8.98. The van der Waals surface area contributed by atoms with Crippen LogP contribution in [0.25, 0.3) is 0 Å². The number of hydrogen-bond donors (Lipinski definition) is 1. The van der Waals surface area contributed by atoms with Crippen LogP contribution < -0.4 is 0 Å². The van der Waals surface area contributed by atoms with Crippen LogP contribution in [0.5, 0.6) is 0 Å². The molecule has 72 valence electrons. The summed E-state index contributed by atoms with van der Waals surface area (Å²) in [7, 11) is 0. The van der Waals surface area contributed by atoms with Crippen molar-refractivity contribution in [1.29, 1.82) is 0 Å². The Morgan fingerprint density at radius 2 is 1.83 bits per heavy atom. The maximum Gasteiger partial charge on any atom is 0.0512 e. The molecule has 12 heavy (non-hydrogen) atoms. The van der Waals surface area contributed by atoms with Crippen molar-refractivity contribution < 1.29 is 5.11 Å². The molecule has 0 bridgehead atoms. The minimum absolute atomic E-state index is 0.126. The van der Waals surface area contributed by atoms with Gasteiger partial charge in [-0.05, 0) is 32.1 Å². The summed E-state index contributed by atoms with van der Waals surface area (Å²) >= 11 is 0. The molecule has 0 saturated heterocycles. The Hall–Kier alpha value is -0.300. The molecule has 0 aromatic carbocycles. The summed E-state index contributed by atoms with van der Waals surface area (Å²) < 4.78 is 0. The van der Waals surface area contributed by atoms with E-state index in [1.165, 1.54) is 6.42 Å². The van der Waals surface area contributed by atoms with E-state index in [9.17, 15) is 0 Å². The lowest BCUT2D eigenvalue weighted by atomic mass is 10.1. The molecule has 0 heterocycles. The van der Waals surface area contributed by atoms with Crippen LogP contribution in [0.2, 0.25) is 0 Å². The molecule has 1 nitrogen and oxygen atoms in total. The second-order valence-electron chi connectivity index (χ2n) is 3.81. The fourth-order valence-corrected chi connectivity index (χ4v) is 1.07. The summed E-state index contributed by atoms with van der Waals surface area (Å²) in [6.45, 7) is 6.22. The fraction of sp³-hybridized carbons (Fsp3) is 0.818. The molecule has 0 amide bonds. The smallest absolute Gasteiger partial charge is 0.0512 e. The van der Waals surface area contributed by atoms with E-state index in [0.717, 1.165) is 19.3 Å². The summed E-state index contributed by atoms with van der Waals surface area (Å²) in [6, 6.07) is 0. The molecule has 1 atom stereocenters. The number of allylic oxidation sites excluding steroid dienone is 2. The SMILES string of the molecule is CC(C)C=CCCCC[C@H](C)O. The minimum atomic E-state index is -0.126. The van der Waals surface area contributed by atoms with Crippen LogP contribution >= 0.6 is 0 Å². The van der Waals surface area contributed by atoms with E-state index in [4.69, 9.17) is 5.11 Å². The van der Waals surface area contributed by atoms with Crippen molar-refractivity contribution >= 4 is 0 Å². The zero-order chi connectivity index (χ0) is 9.40. The van der Waals surface area contributed by atoms with Crippen LogP contribution in [0, 0.1) is 5.92 Å². The Bertz CT molecular complexity index is 114. The number of aliphatic hydroxyl groups excluding tert-OH is 1. The lowest BCUT2D eigenvalue weighted by Gasteiger charge is -2.01. The third kappa shape index (κ3) is 9.70. The van der Waals surface area contributed by atoms with Crippen molar-refractivity contribution in [3.8, 4) is 0 Å². The molecule has 0 aliphatic heterocycles. The number of hydrogen-bond acceptors (Lipinski definition) is 1. The van der Waals surface area contributed by atoms with Crippen LogP contribution in [0.15, 0.2) is 12.2 Å². The summed E-state index contributed by atoms with van der Waals surface area (Å²) in [6.07, 6.45) is 8.79. The molecular formula is C11H22O. The Morgan fingerprint density at radius 1 is 1.17 bits per heavy atom. The fourth-order valence-electron chi connectivity index (χ4n) is 1.07. The molecule has 0 aliphatic rings. The summed E-state index contributed by atoms with van der Waals surface area (Å²) in [4.78, 5) is 0. The van der Waals surface area contributed by atoms with Gasteiger partial charge in [0.15, 0.2) is 0 Å². The van der Waals surface area contributed by atoms with Crippen molar-refractivity contribution in [1.82, 2.24) is 0 Å². The Kier molecular flexibility index (Phi) is 7.17. The molecule has 0 rings (SSSR count). The first-order valence-electron chi connectivity index (χ1n) is 4.97. The van der Waals surface area contributed by atoms with Crippen LogP contribution in [0.4, 0.5) is 0 Å². The molecule has 0 fully saturated rings. The molecular weight excluding hydrogens is 148 g/mol. The van der Waals surface area contributed by atoms with Gasteiger partial charge in [-0.15, -0.1) is 0 Å². The molecule has 0 radical (unpaired) electrons. The van der Waals surface area contributed by atoms with Gasteiger partial charge in [0.1, 0.15) is 0 Å². The second kappa shape index (κ2) is 7.35. The summed E-state index contributed by atoms with van der Waals surface area (Å²) in [5, 5.41) is 8.98. The Labute approximate surface area is 76.5 Å². The largest absolute Gasteiger partial charge is 0.393 e. The van der Waals surface area contributed by atoms with E-state index in [2.05, 4.69) is 26.0 Å². The van der Waals surface area contributed by atoms with Gasteiger partial charge >= 0.3 is 0 Å². The van der Waals surface area contributed by atoms with Crippen molar-refractivity contribution in [2.45, 2.75) is 52.6 Å². The minimum Gasteiger partial charge on any atom is -0.393 e. The summed E-state index contributed by atoms with van der Waals surface area (Å²) in [5.74, 6) is 0.668. The third-order valence-corrected chi connectivity index (χ3v) is 1.76. The van der Waals surface area contributed by atoms with Gasteiger partial charge in [0.2, 0.25) is 0 Å². The zero-order valence-corrected chi connectivity index (χ0v) is 8.59. The van der Waals surface area contributed by atoms with Gasteiger partial charge in [0.05, 0.1) is 6.10 Å². The van der Waals surface area contributed by atoms with Crippen LogP contribution in [0.3, 0.4) is 0 Å². The molecule has 0 spiro atoms. The van der Waals surface area contributed by atoms with E-state index in [1.807, 2.05) is 6.92 Å². The van der Waals surface area contributed by atoms with Gasteiger partial charge < -0.3 is 5.11 Å². The highest BCUT2D eigenvalue weighted by atomic mass is 16.3. The third-order valence-electron chi connectivity index (χ3n) is 1.76. The van der Waals surface area contributed by atoms with E-state index in [0.29, 0.717) is 5.92 Å². The molecule has 1 heteroatoms. The van der Waals surface area contributed by atoms with Gasteiger partial charge in [0, 0.05) is 0 Å². The lowest BCUT2D eigenvalue weighted by molar-refractivity contribution is 0.181. The molecule has 1 N–H and O–H groups in total. The lowest BCUT2D eigenvalue weighted by Crippen LogP contribution is -1.97. The molecule has 0 aromatic rings. The second-order valence-corrected chi connectivity index (χ2v) is 3.81. The van der Waals surface area contributed by atoms with E-state index in [-0.39, 0.29) is 6.10 Å². The van der Waals surface area contributed by atoms with Crippen LogP contribution in [-0.4, -0.2) is 11.2 Å². The van der Waals surface area contributed by atoms with Crippen molar-refractivity contribution in [3.63, 3.8) is 0 Å². The van der Waals surface area contributed by atoms with Crippen LogP contribution in [-0.2, 0) is 0 Å². The average molecular weight is 170 g/mol. The van der Waals surface area contributed by atoms with Crippen molar-refractivity contribution in [2.24, 2.45) is 5.92 Å². The predicted octanol–water partition coefficient (Wildman–Crippen LogP) is 3.14. The number of unbranched alkanes of at least 4 members (excludes halogenated alkanes) is 2. The van der Waals surface area contributed by atoms with Gasteiger partial charge in [-0.1, -0.05) is 32.4 Å². The van der Waals surface area contributed by atoms with E-state index in [1.54, 1.807) is 0 Å². The first kappa shape index (κ1) is 11.7. The van der Waals surface area contributed by atoms with Gasteiger partial charge in [-0.2, -0.15) is 0 Å². The van der Waals surface area contributed by atoms with Crippen molar-refractivity contribution in [2.75, 3.05) is 0 Å². The van der Waals surface area contributed by atoms with Crippen molar-refractivity contribution in [3.05, 3.63) is 12.2 Å². The first-order chi connectivity index (χ1) is 5.63. The predicted molar refractivity (Wildman–Crippen MR) is 54.1 cm³/mol. The highest BCUT2D eigenvalue weighted by molar-refractivity contribution is 4.83. The standard InChI is InChI=1S/C11H22O/c1-10(2)8-6-4-5-7-9-11(3)12/h6,8,10-12H,4-5,7,9H2,1-3H3/t11-/m0/s1. The van der Waals surface area contributed by atoms with Crippen LogP contribution in [0.1, 0.15) is 46.5 Å². The molecule has 0 unspecified atom stereocenters. The Balaban J connectivity index is 3.11. The van der Waals surface area contributed by atoms with E-state index >= 15 is 0 Å². The average Bonchev–Trinajstić information content (AvgIpc) is 1.95. The summed E-state index contributed by atoms with van der Waals surface area (Å²) in [5.41, 5.74) is 0. The molecule has 0 aromatic heterocycles. The highest BCUT2D eigenvalue weighted by Gasteiger charge is 1.93. The Morgan fingerprint density at radius 3 is 2.33 bits per heavy atom.